The number of carbonyl (C=O) groups excluding carboxylic acids is 1. The maximum Gasteiger partial charge on any atom is 0.161 e. The molecule has 0 aromatic heterocycles. The Morgan fingerprint density at radius 3 is 2.26 bits per heavy atom. The van der Waals surface area contributed by atoms with Crippen LogP contribution in [0.5, 0.6) is 0 Å². The van der Waals surface area contributed by atoms with E-state index in [1.807, 2.05) is 54.6 Å². The van der Waals surface area contributed by atoms with Gasteiger partial charge in [-0.25, -0.2) is 0 Å². The fourth-order valence-electron chi connectivity index (χ4n) is 1.92. The predicted molar refractivity (Wildman–Crippen MR) is 80.8 cm³/mol. The average Bonchev–Trinajstić information content (AvgIpc) is 2.42. The van der Waals surface area contributed by atoms with Gasteiger partial charge in [0, 0.05) is 10.9 Å². The quantitative estimate of drug-likeness (QED) is 0.938. The van der Waals surface area contributed by atoms with Crippen LogP contribution in [-0.4, -0.2) is 5.78 Å². The third kappa shape index (κ3) is 3.31. The molecule has 1 atom stereocenters. The molecule has 0 aliphatic carbocycles. The second-order valence-corrected chi connectivity index (χ2v) is 5.71. The normalized spacial score (nSPS) is 13.8. The van der Waals surface area contributed by atoms with Crippen LogP contribution in [0.4, 0.5) is 0 Å². The average molecular weight is 318 g/mol. The zero-order chi connectivity index (χ0) is 13.9. The van der Waals surface area contributed by atoms with E-state index in [0.29, 0.717) is 6.42 Å². The number of rotatable bonds is 4. The van der Waals surface area contributed by atoms with E-state index in [-0.39, 0.29) is 5.78 Å². The van der Waals surface area contributed by atoms with Crippen LogP contribution in [0.25, 0.3) is 0 Å². The topological polar surface area (TPSA) is 43.1 Å². The van der Waals surface area contributed by atoms with Gasteiger partial charge in [0.1, 0.15) is 0 Å². The first-order chi connectivity index (χ1) is 9.00. The van der Waals surface area contributed by atoms with E-state index in [0.717, 1.165) is 15.6 Å². The highest BCUT2D eigenvalue weighted by molar-refractivity contribution is 9.10. The van der Waals surface area contributed by atoms with Crippen LogP contribution in [0, 0.1) is 0 Å². The summed E-state index contributed by atoms with van der Waals surface area (Å²) in [6.45, 7) is 1.77. The third-order valence-electron chi connectivity index (χ3n) is 3.23. The van der Waals surface area contributed by atoms with Gasteiger partial charge >= 0.3 is 0 Å². The van der Waals surface area contributed by atoms with Crippen LogP contribution in [0.15, 0.2) is 59.1 Å². The molecule has 0 aliphatic rings. The fraction of sp³-hybridized carbons (Fsp3) is 0.188. The van der Waals surface area contributed by atoms with Crippen molar-refractivity contribution >= 4 is 21.7 Å². The molecule has 2 aromatic carbocycles. The minimum absolute atomic E-state index is 0.0148. The number of hydrogen-bond acceptors (Lipinski definition) is 2. The lowest BCUT2D eigenvalue weighted by Crippen LogP contribution is -2.42. The van der Waals surface area contributed by atoms with E-state index in [4.69, 9.17) is 5.73 Å². The molecule has 0 spiro atoms. The van der Waals surface area contributed by atoms with Gasteiger partial charge in [0.15, 0.2) is 5.78 Å². The second kappa shape index (κ2) is 5.68. The lowest BCUT2D eigenvalue weighted by atomic mass is 9.86. The summed E-state index contributed by atoms with van der Waals surface area (Å²) in [4.78, 5) is 12.4. The Labute approximate surface area is 121 Å². The van der Waals surface area contributed by atoms with Crippen LogP contribution in [0.1, 0.15) is 18.1 Å². The van der Waals surface area contributed by atoms with Crippen molar-refractivity contribution in [1.29, 1.82) is 0 Å². The Kier molecular flexibility index (Phi) is 4.17. The van der Waals surface area contributed by atoms with Gasteiger partial charge in [0.2, 0.25) is 0 Å². The van der Waals surface area contributed by atoms with E-state index in [1.165, 1.54) is 0 Å². The Morgan fingerprint density at radius 2 is 1.68 bits per heavy atom. The smallest absolute Gasteiger partial charge is 0.161 e. The lowest BCUT2D eigenvalue weighted by molar-refractivity contribution is -0.123. The standard InChI is InChI=1S/C16H16BrNO/c1-16(18,13-5-3-2-4-6-13)15(19)11-12-7-9-14(17)10-8-12/h2-10H,11,18H2,1H3. The molecule has 2 nitrogen and oxygen atoms in total. The molecule has 0 amide bonds. The van der Waals surface area contributed by atoms with Crippen molar-refractivity contribution in [3.8, 4) is 0 Å². The molecule has 3 heteroatoms. The van der Waals surface area contributed by atoms with Gasteiger partial charge in [0.05, 0.1) is 5.54 Å². The third-order valence-corrected chi connectivity index (χ3v) is 3.76. The number of benzene rings is 2. The summed E-state index contributed by atoms with van der Waals surface area (Å²) in [7, 11) is 0. The molecule has 0 heterocycles. The van der Waals surface area contributed by atoms with Gasteiger partial charge in [-0.1, -0.05) is 58.4 Å². The van der Waals surface area contributed by atoms with E-state index in [1.54, 1.807) is 6.92 Å². The largest absolute Gasteiger partial charge is 0.315 e. The monoisotopic (exact) mass is 317 g/mol. The molecular weight excluding hydrogens is 302 g/mol. The molecule has 0 fully saturated rings. The molecule has 0 bridgehead atoms. The maximum atomic E-state index is 12.4. The number of hydrogen-bond donors (Lipinski definition) is 1. The zero-order valence-electron chi connectivity index (χ0n) is 10.8. The van der Waals surface area contributed by atoms with Crippen molar-refractivity contribution in [2.75, 3.05) is 0 Å². The first kappa shape index (κ1) is 14.0. The summed E-state index contributed by atoms with van der Waals surface area (Å²) in [6, 6.07) is 17.2. The highest BCUT2D eigenvalue weighted by Crippen LogP contribution is 2.21. The Bertz CT molecular complexity index is 561. The summed E-state index contributed by atoms with van der Waals surface area (Å²) >= 11 is 3.38. The molecule has 2 rings (SSSR count). The van der Waals surface area contributed by atoms with Gasteiger partial charge in [-0.05, 0) is 30.2 Å². The molecule has 0 aliphatic heterocycles. The molecule has 0 radical (unpaired) electrons. The van der Waals surface area contributed by atoms with E-state index in [2.05, 4.69) is 15.9 Å². The molecule has 2 N–H and O–H groups in total. The van der Waals surface area contributed by atoms with Crippen molar-refractivity contribution in [3.63, 3.8) is 0 Å². The number of Topliss-reactive ketones (excluding diaryl/α,β-unsaturated/α-hetero) is 1. The molecule has 1 unspecified atom stereocenters. The minimum atomic E-state index is -0.950. The Morgan fingerprint density at radius 1 is 1.11 bits per heavy atom. The summed E-state index contributed by atoms with van der Waals surface area (Å²) in [5.41, 5.74) is 7.07. The number of nitrogens with two attached hydrogens (primary N) is 1. The summed E-state index contributed by atoms with van der Waals surface area (Å²) < 4.78 is 1.00. The van der Waals surface area contributed by atoms with Crippen LogP contribution in [0.3, 0.4) is 0 Å². The molecular formula is C16H16BrNO. The Balaban J connectivity index is 2.17. The van der Waals surface area contributed by atoms with Crippen LogP contribution < -0.4 is 5.73 Å². The number of ketones is 1. The minimum Gasteiger partial charge on any atom is -0.315 e. The Hall–Kier alpha value is -1.45. The molecule has 19 heavy (non-hydrogen) atoms. The van der Waals surface area contributed by atoms with Gasteiger partial charge in [0.25, 0.3) is 0 Å². The van der Waals surface area contributed by atoms with Crippen molar-refractivity contribution in [2.45, 2.75) is 18.9 Å². The lowest BCUT2D eigenvalue weighted by Gasteiger charge is -2.23. The molecule has 98 valence electrons. The second-order valence-electron chi connectivity index (χ2n) is 4.79. The number of carbonyl (C=O) groups is 1. The predicted octanol–water partition coefficient (Wildman–Crippen LogP) is 3.43. The number of halogens is 1. The van der Waals surface area contributed by atoms with Gasteiger partial charge in [-0.3, -0.25) is 4.79 Å². The highest BCUT2D eigenvalue weighted by Gasteiger charge is 2.29. The van der Waals surface area contributed by atoms with Crippen molar-refractivity contribution in [1.82, 2.24) is 0 Å². The summed E-state index contributed by atoms with van der Waals surface area (Å²) in [5, 5.41) is 0. The van der Waals surface area contributed by atoms with E-state index < -0.39 is 5.54 Å². The maximum absolute atomic E-state index is 12.4. The van der Waals surface area contributed by atoms with Crippen molar-refractivity contribution in [3.05, 3.63) is 70.2 Å². The van der Waals surface area contributed by atoms with Gasteiger partial charge in [-0.2, -0.15) is 0 Å². The fourth-order valence-corrected chi connectivity index (χ4v) is 2.18. The first-order valence-electron chi connectivity index (χ1n) is 6.12. The van der Waals surface area contributed by atoms with Crippen LogP contribution >= 0.6 is 15.9 Å². The molecule has 0 saturated carbocycles. The summed E-state index contributed by atoms with van der Waals surface area (Å²) in [6.07, 6.45) is 0.342. The summed E-state index contributed by atoms with van der Waals surface area (Å²) in [5.74, 6) is 0.0148. The first-order valence-corrected chi connectivity index (χ1v) is 6.91. The molecule has 0 saturated heterocycles. The van der Waals surface area contributed by atoms with Crippen molar-refractivity contribution in [2.24, 2.45) is 5.73 Å². The molecule has 2 aromatic rings. The van der Waals surface area contributed by atoms with Gasteiger partial charge < -0.3 is 5.73 Å². The zero-order valence-corrected chi connectivity index (χ0v) is 12.4. The van der Waals surface area contributed by atoms with E-state index in [9.17, 15) is 4.79 Å². The van der Waals surface area contributed by atoms with E-state index >= 15 is 0 Å². The highest BCUT2D eigenvalue weighted by atomic mass is 79.9. The van der Waals surface area contributed by atoms with Crippen LogP contribution in [0.2, 0.25) is 0 Å². The SMILES string of the molecule is CC(N)(C(=O)Cc1ccc(Br)cc1)c1ccccc1. The van der Waals surface area contributed by atoms with Crippen LogP contribution in [-0.2, 0) is 16.8 Å². The van der Waals surface area contributed by atoms with Gasteiger partial charge in [-0.15, -0.1) is 0 Å². The van der Waals surface area contributed by atoms with Crippen molar-refractivity contribution < 1.29 is 4.79 Å².